The van der Waals surface area contributed by atoms with Gasteiger partial charge in [-0.2, -0.15) is 4.31 Å². The molecule has 3 aromatic rings. The Labute approximate surface area is 155 Å². The van der Waals surface area contributed by atoms with E-state index >= 15 is 0 Å². The average Bonchev–Trinajstić information content (AvgIpc) is 3.23. The number of fused-ring (bicyclic) bond motifs is 4. The van der Waals surface area contributed by atoms with Gasteiger partial charge in [-0.15, -0.1) is 0 Å². The highest BCUT2D eigenvalue weighted by Crippen LogP contribution is 2.36. The number of nitrogens with zero attached hydrogens (tertiary/aromatic N) is 1. The largest absolute Gasteiger partial charge is 0.454 e. The fourth-order valence-corrected chi connectivity index (χ4v) is 5.16. The molecule has 5 rings (SSSR count). The molecule has 3 heterocycles. The molecule has 2 aliphatic rings. The zero-order valence-electron chi connectivity index (χ0n) is 13.7. The zero-order chi connectivity index (χ0) is 17.9. The maximum Gasteiger partial charge on any atom is 0.243 e. The number of benzene rings is 2. The summed E-state index contributed by atoms with van der Waals surface area (Å²) in [5.74, 6) is 1.03. The van der Waals surface area contributed by atoms with E-state index in [2.05, 4.69) is 4.98 Å². The second-order valence-corrected chi connectivity index (χ2v) is 8.75. The van der Waals surface area contributed by atoms with Crippen LogP contribution in [-0.4, -0.2) is 31.0 Å². The molecule has 0 saturated heterocycles. The van der Waals surface area contributed by atoms with Crippen molar-refractivity contribution in [1.29, 1.82) is 0 Å². The van der Waals surface area contributed by atoms with Gasteiger partial charge in [-0.25, -0.2) is 8.42 Å². The van der Waals surface area contributed by atoms with Gasteiger partial charge < -0.3 is 14.5 Å². The molecule has 2 aromatic carbocycles. The van der Waals surface area contributed by atoms with E-state index in [0.29, 0.717) is 36.0 Å². The molecule has 0 spiro atoms. The zero-order valence-corrected chi connectivity index (χ0v) is 15.2. The number of ether oxygens (including phenoxy) is 2. The average molecular weight is 391 g/mol. The normalized spacial score (nSPS) is 16.8. The van der Waals surface area contributed by atoms with Crippen LogP contribution in [0.2, 0.25) is 5.02 Å². The molecule has 134 valence electrons. The minimum Gasteiger partial charge on any atom is -0.454 e. The van der Waals surface area contributed by atoms with Crippen molar-refractivity contribution < 1.29 is 17.9 Å². The topological polar surface area (TPSA) is 71.6 Å². The molecule has 0 unspecified atom stereocenters. The van der Waals surface area contributed by atoms with Crippen LogP contribution in [0.3, 0.4) is 0 Å². The summed E-state index contributed by atoms with van der Waals surface area (Å²) in [6, 6.07) is 10.4. The molecule has 1 aromatic heterocycles. The fraction of sp³-hybridized carbons (Fsp3) is 0.222. The molecule has 0 fully saturated rings. The van der Waals surface area contributed by atoms with Gasteiger partial charge in [0.15, 0.2) is 11.5 Å². The van der Waals surface area contributed by atoms with Gasteiger partial charge in [0.25, 0.3) is 0 Å². The minimum absolute atomic E-state index is 0.115. The molecule has 0 aliphatic carbocycles. The van der Waals surface area contributed by atoms with Crippen LogP contribution in [0.1, 0.15) is 11.3 Å². The van der Waals surface area contributed by atoms with Crippen molar-refractivity contribution in [3.8, 4) is 11.5 Å². The Morgan fingerprint density at radius 2 is 1.92 bits per heavy atom. The molecule has 2 aliphatic heterocycles. The van der Waals surface area contributed by atoms with Crippen LogP contribution in [0.25, 0.3) is 10.9 Å². The van der Waals surface area contributed by atoms with Crippen LogP contribution in [0, 0.1) is 0 Å². The first-order valence-corrected chi connectivity index (χ1v) is 10.0. The summed E-state index contributed by atoms with van der Waals surface area (Å²) in [7, 11) is -3.62. The first-order valence-electron chi connectivity index (χ1n) is 8.21. The number of H-pyrrole nitrogens is 1. The Bertz CT molecular complexity index is 1140. The number of halogens is 1. The Balaban J connectivity index is 1.53. The Hall–Kier alpha value is -2.22. The third-order valence-corrected chi connectivity index (χ3v) is 6.96. The van der Waals surface area contributed by atoms with Gasteiger partial charge in [-0.05, 0) is 29.8 Å². The summed E-state index contributed by atoms with van der Waals surface area (Å²) in [6.07, 6.45) is 0.630. The number of hydrogen-bond acceptors (Lipinski definition) is 4. The summed E-state index contributed by atoms with van der Waals surface area (Å²) < 4.78 is 38.3. The van der Waals surface area contributed by atoms with Crippen LogP contribution in [0.4, 0.5) is 0 Å². The van der Waals surface area contributed by atoms with E-state index in [0.717, 1.165) is 22.2 Å². The highest BCUT2D eigenvalue weighted by molar-refractivity contribution is 7.89. The molecular formula is C18H15ClN2O4S. The van der Waals surface area contributed by atoms with E-state index in [9.17, 15) is 8.42 Å². The Morgan fingerprint density at radius 3 is 2.81 bits per heavy atom. The summed E-state index contributed by atoms with van der Waals surface area (Å²) >= 11 is 6.06. The van der Waals surface area contributed by atoms with Gasteiger partial charge in [0.2, 0.25) is 16.8 Å². The summed E-state index contributed by atoms with van der Waals surface area (Å²) in [5.41, 5.74) is 3.01. The van der Waals surface area contributed by atoms with Crippen molar-refractivity contribution in [2.24, 2.45) is 0 Å². The summed E-state index contributed by atoms with van der Waals surface area (Å²) in [4.78, 5) is 3.58. The van der Waals surface area contributed by atoms with Gasteiger partial charge in [0, 0.05) is 47.2 Å². The van der Waals surface area contributed by atoms with E-state index in [1.165, 1.54) is 10.4 Å². The first-order chi connectivity index (χ1) is 12.5. The minimum atomic E-state index is -3.62. The highest BCUT2D eigenvalue weighted by Gasteiger charge is 2.31. The molecule has 0 saturated carbocycles. The van der Waals surface area contributed by atoms with Crippen LogP contribution < -0.4 is 9.47 Å². The monoisotopic (exact) mass is 390 g/mol. The lowest BCUT2D eigenvalue weighted by atomic mass is 10.1. The van der Waals surface area contributed by atoms with Crippen molar-refractivity contribution in [1.82, 2.24) is 9.29 Å². The predicted molar refractivity (Wildman–Crippen MR) is 97.2 cm³/mol. The van der Waals surface area contributed by atoms with Crippen LogP contribution in [0.5, 0.6) is 11.5 Å². The number of rotatable bonds is 2. The van der Waals surface area contributed by atoms with Gasteiger partial charge in [0.1, 0.15) is 0 Å². The number of nitrogens with one attached hydrogen (secondary N) is 1. The maximum atomic E-state index is 13.1. The molecule has 0 bridgehead atoms. The number of hydrogen-bond donors (Lipinski definition) is 1. The third-order valence-electron chi connectivity index (χ3n) is 4.88. The predicted octanol–water partition coefficient (Wildman–Crippen LogP) is 3.30. The van der Waals surface area contributed by atoms with Crippen molar-refractivity contribution in [2.75, 3.05) is 13.3 Å². The molecule has 1 N–H and O–H groups in total. The smallest absolute Gasteiger partial charge is 0.243 e. The first kappa shape index (κ1) is 16.0. The molecule has 0 amide bonds. The SMILES string of the molecule is O=S(=O)(c1ccc2c(c1)OCO2)N1CCc2[nH]c3cc(Cl)ccc3c2C1. The lowest BCUT2D eigenvalue weighted by Gasteiger charge is -2.26. The number of aromatic nitrogens is 1. The second-order valence-electron chi connectivity index (χ2n) is 6.38. The quantitative estimate of drug-likeness (QED) is 0.728. The van der Waals surface area contributed by atoms with Crippen LogP contribution in [0.15, 0.2) is 41.3 Å². The molecule has 8 heteroatoms. The lowest BCUT2D eigenvalue weighted by molar-refractivity contribution is 0.174. The third kappa shape index (κ3) is 2.39. The molecule has 0 radical (unpaired) electrons. The maximum absolute atomic E-state index is 13.1. The van der Waals surface area contributed by atoms with E-state index in [4.69, 9.17) is 21.1 Å². The second kappa shape index (κ2) is 5.64. The lowest BCUT2D eigenvalue weighted by Crippen LogP contribution is -2.35. The van der Waals surface area contributed by atoms with Gasteiger partial charge in [-0.3, -0.25) is 0 Å². The summed E-state index contributed by atoms with van der Waals surface area (Å²) in [5, 5.41) is 1.66. The van der Waals surface area contributed by atoms with Gasteiger partial charge in [-0.1, -0.05) is 17.7 Å². The molecule has 26 heavy (non-hydrogen) atoms. The van der Waals surface area contributed by atoms with Crippen molar-refractivity contribution in [3.05, 3.63) is 52.7 Å². The summed E-state index contributed by atoms with van der Waals surface area (Å²) in [6.45, 7) is 0.863. The van der Waals surface area contributed by atoms with Gasteiger partial charge >= 0.3 is 0 Å². The Kier molecular flexibility index (Phi) is 3.47. The van der Waals surface area contributed by atoms with E-state index < -0.39 is 10.0 Å². The highest BCUT2D eigenvalue weighted by atomic mass is 35.5. The fourth-order valence-electron chi connectivity index (χ4n) is 3.56. The number of aromatic amines is 1. The molecule has 0 atom stereocenters. The van der Waals surface area contributed by atoms with Gasteiger partial charge in [0.05, 0.1) is 4.90 Å². The molecule has 6 nitrogen and oxygen atoms in total. The standard InChI is InChI=1S/C18H15ClN2O4S/c19-11-1-3-13-14-9-21(6-5-15(14)20-16(13)7-11)26(22,23)12-2-4-17-18(8-12)25-10-24-17/h1-4,7-8,20H,5-6,9-10H2. The van der Waals surface area contributed by atoms with Crippen molar-refractivity contribution in [2.45, 2.75) is 17.9 Å². The van der Waals surface area contributed by atoms with Crippen LogP contribution in [-0.2, 0) is 23.0 Å². The van der Waals surface area contributed by atoms with Crippen LogP contribution >= 0.6 is 11.6 Å². The van der Waals surface area contributed by atoms with Crippen molar-refractivity contribution >= 4 is 32.5 Å². The number of sulfonamides is 1. The molecular weight excluding hydrogens is 376 g/mol. The van der Waals surface area contributed by atoms with E-state index in [1.54, 1.807) is 12.1 Å². The van der Waals surface area contributed by atoms with E-state index in [1.807, 2.05) is 18.2 Å². The van der Waals surface area contributed by atoms with Crippen molar-refractivity contribution in [3.63, 3.8) is 0 Å². The van der Waals surface area contributed by atoms with E-state index in [-0.39, 0.29) is 11.7 Å². The Morgan fingerprint density at radius 1 is 1.08 bits per heavy atom.